The Morgan fingerprint density at radius 3 is 2.96 bits per heavy atom. The molecule has 7 heteroatoms. The summed E-state index contributed by atoms with van der Waals surface area (Å²) in [4.78, 5) is 27.7. The molecule has 0 saturated carbocycles. The van der Waals surface area contributed by atoms with Crippen LogP contribution < -0.4 is 5.32 Å². The van der Waals surface area contributed by atoms with Gasteiger partial charge in [-0.2, -0.15) is 0 Å². The maximum Gasteiger partial charge on any atom is 0.225 e. The number of carbonyl (C=O) groups excluding carboxylic acids is 1. The number of nitrogens with one attached hydrogen (secondary N) is 2. The van der Waals surface area contributed by atoms with Crippen molar-refractivity contribution in [1.82, 2.24) is 19.9 Å². The fraction of sp³-hybridized carbons (Fsp3) is 0.250. The lowest BCUT2D eigenvalue weighted by atomic mass is 10.1. The Hall–Kier alpha value is -2.47. The van der Waals surface area contributed by atoms with Gasteiger partial charge in [0.1, 0.15) is 16.5 Å². The van der Waals surface area contributed by atoms with Gasteiger partial charge >= 0.3 is 0 Å². The van der Waals surface area contributed by atoms with Crippen LogP contribution in [0, 0.1) is 0 Å². The van der Waals surface area contributed by atoms with Gasteiger partial charge in [-0.15, -0.1) is 0 Å². The molecule has 0 unspecified atom stereocenters. The summed E-state index contributed by atoms with van der Waals surface area (Å²) in [5, 5.41) is 3.10. The monoisotopic (exact) mass is 329 g/mol. The lowest BCUT2D eigenvalue weighted by Crippen LogP contribution is -2.12. The summed E-state index contributed by atoms with van der Waals surface area (Å²) < 4.78 is 0. The fourth-order valence-corrected chi connectivity index (χ4v) is 2.54. The topological polar surface area (TPSA) is 83.6 Å². The van der Waals surface area contributed by atoms with E-state index < -0.39 is 0 Å². The number of fused-ring (bicyclic) bond motifs is 1. The number of anilines is 1. The third kappa shape index (κ3) is 3.48. The average molecular weight is 330 g/mol. The lowest BCUT2D eigenvalue weighted by molar-refractivity contribution is -0.116. The van der Waals surface area contributed by atoms with E-state index in [2.05, 4.69) is 25.3 Å². The molecule has 0 atom stereocenters. The van der Waals surface area contributed by atoms with Crippen molar-refractivity contribution >= 4 is 34.5 Å². The maximum atomic E-state index is 11.9. The third-order valence-electron chi connectivity index (χ3n) is 3.44. The van der Waals surface area contributed by atoms with E-state index in [-0.39, 0.29) is 5.91 Å². The van der Waals surface area contributed by atoms with E-state index >= 15 is 0 Å². The van der Waals surface area contributed by atoms with Crippen molar-refractivity contribution in [2.45, 2.75) is 26.2 Å². The third-order valence-corrected chi connectivity index (χ3v) is 3.63. The van der Waals surface area contributed by atoms with Crippen molar-refractivity contribution < 1.29 is 4.79 Å². The summed E-state index contributed by atoms with van der Waals surface area (Å²) in [5.74, 6) is 0.373. The largest absolute Gasteiger partial charge is 0.344 e. The van der Waals surface area contributed by atoms with Gasteiger partial charge in [0.25, 0.3) is 0 Å². The smallest absolute Gasteiger partial charge is 0.225 e. The van der Waals surface area contributed by atoms with Gasteiger partial charge in [0, 0.05) is 30.6 Å². The van der Waals surface area contributed by atoms with Crippen molar-refractivity contribution in [3.05, 3.63) is 35.9 Å². The molecule has 2 N–H and O–H groups in total. The summed E-state index contributed by atoms with van der Waals surface area (Å²) >= 11 is 6.10. The first-order chi connectivity index (χ1) is 11.2. The van der Waals surface area contributed by atoms with Crippen LogP contribution in [0.1, 0.15) is 26.2 Å². The van der Waals surface area contributed by atoms with Crippen molar-refractivity contribution in [2.24, 2.45) is 0 Å². The molecule has 1 amide bonds. The highest BCUT2D eigenvalue weighted by Gasteiger charge is 2.11. The SMILES string of the molecule is CCCCC(=O)Nc1cc(-c2c[nH]c3nccnc23)cc(Cl)n1. The van der Waals surface area contributed by atoms with Gasteiger partial charge in [0.2, 0.25) is 5.91 Å². The van der Waals surface area contributed by atoms with Gasteiger partial charge in [-0.3, -0.25) is 9.78 Å². The molecule has 0 aliphatic carbocycles. The summed E-state index contributed by atoms with van der Waals surface area (Å²) in [6.07, 6.45) is 7.36. The molecule has 0 saturated heterocycles. The molecule has 0 spiro atoms. The molecule has 0 aliphatic heterocycles. The minimum atomic E-state index is -0.0636. The van der Waals surface area contributed by atoms with Crippen LogP contribution in [0.15, 0.2) is 30.7 Å². The Balaban J connectivity index is 1.93. The molecule has 0 fully saturated rings. The minimum Gasteiger partial charge on any atom is -0.344 e. The highest BCUT2D eigenvalue weighted by Crippen LogP contribution is 2.29. The van der Waals surface area contributed by atoms with Gasteiger partial charge in [-0.1, -0.05) is 24.9 Å². The molecule has 3 heterocycles. The second-order valence-electron chi connectivity index (χ2n) is 5.17. The standard InChI is InChI=1S/C16H16ClN5O/c1-2-3-4-14(23)22-13-8-10(7-12(17)21-13)11-9-20-16-15(11)18-5-6-19-16/h5-9H,2-4H2,1H3,(H,19,20)(H,21,22,23). The Labute approximate surface area is 138 Å². The van der Waals surface area contributed by atoms with Gasteiger partial charge in [0.15, 0.2) is 5.65 Å². The van der Waals surface area contributed by atoms with E-state index in [0.29, 0.717) is 23.0 Å². The molecule has 0 bridgehead atoms. The quantitative estimate of drug-likeness (QED) is 0.697. The molecule has 3 aromatic heterocycles. The minimum absolute atomic E-state index is 0.0636. The summed E-state index contributed by atoms with van der Waals surface area (Å²) in [7, 11) is 0. The molecule has 6 nitrogen and oxygen atoms in total. The summed E-state index contributed by atoms with van der Waals surface area (Å²) in [6, 6.07) is 3.52. The van der Waals surface area contributed by atoms with Gasteiger partial charge in [-0.05, 0) is 24.1 Å². The number of rotatable bonds is 5. The van der Waals surface area contributed by atoms with Crippen LogP contribution >= 0.6 is 11.6 Å². The van der Waals surface area contributed by atoms with Gasteiger partial charge in [0.05, 0.1) is 0 Å². The summed E-state index contributed by atoms with van der Waals surface area (Å²) in [6.45, 7) is 2.04. The highest BCUT2D eigenvalue weighted by molar-refractivity contribution is 6.30. The second kappa shape index (κ2) is 6.75. The predicted octanol–water partition coefficient (Wildman–Crippen LogP) is 3.80. The first kappa shape index (κ1) is 15.4. The number of amides is 1. The van der Waals surface area contributed by atoms with Crippen LogP contribution in [-0.4, -0.2) is 25.8 Å². The van der Waals surface area contributed by atoms with E-state index in [9.17, 15) is 4.79 Å². The van der Waals surface area contributed by atoms with E-state index in [4.69, 9.17) is 11.6 Å². The summed E-state index contributed by atoms with van der Waals surface area (Å²) in [5.41, 5.74) is 3.13. The zero-order valence-corrected chi connectivity index (χ0v) is 13.4. The number of hydrogen-bond acceptors (Lipinski definition) is 4. The van der Waals surface area contributed by atoms with Crippen molar-refractivity contribution in [2.75, 3.05) is 5.32 Å². The molecule has 3 rings (SSSR count). The Kier molecular flexibility index (Phi) is 4.52. The molecule has 23 heavy (non-hydrogen) atoms. The Morgan fingerprint density at radius 1 is 1.30 bits per heavy atom. The molecule has 0 radical (unpaired) electrons. The average Bonchev–Trinajstić information content (AvgIpc) is 2.96. The van der Waals surface area contributed by atoms with Gasteiger partial charge in [-0.25, -0.2) is 9.97 Å². The van der Waals surface area contributed by atoms with Crippen LogP contribution in [0.2, 0.25) is 5.15 Å². The van der Waals surface area contributed by atoms with Crippen molar-refractivity contribution in [1.29, 1.82) is 0 Å². The Bertz CT molecular complexity index is 845. The number of carbonyl (C=O) groups is 1. The maximum absolute atomic E-state index is 11.9. The number of aromatic nitrogens is 4. The molecular weight excluding hydrogens is 314 g/mol. The number of aromatic amines is 1. The second-order valence-corrected chi connectivity index (χ2v) is 5.56. The van der Waals surface area contributed by atoms with E-state index in [0.717, 1.165) is 29.5 Å². The van der Waals surface area contributed by atoms with Crippen LogP contribution in [0.25, 0.3) is 22.3 Å². The number of pyridine rings is 1. The zero-order valence-electron chi connectivity index (χ0n) is 12.6. The Morgan fingerprint density at radius 2 is 2.13 bits per heavy atom. The lowest BCUT2D eigenvalue weighted by Gasteiger charge is -2.07. The van der Waals surface area contributed by atoms with Crippen LogP contribution in [0.5, 0.6) is 0 Å². The fourth-order valence-electron chi connectivity index (χ4n) is 2.33. The van der Waals surface area contributed by atoms with E-state index in [1.54, 1.807) is 24.5 Å². The molecule has 0 aromatic carbocycles. The number of H-pyrrole nitrogens is 1. The van der Waals surface area contributed by atoms with Crippen LogP contribution in [-0.2, 0) is 4.79 Å². The first-order valence-corrected chi connectivity index (χ1v) is 7.81. The van der Waals surface area contributed by atoms with Gasteiger partial charge < -0.3 is 10.3 Å². The molecule has 0 aliphatic rings. The van der Waals surface area contributed by atoms with Crippen LogP contribution in [0.4, 0.5) is 5.82 Å². The predicted molar refractivity (Wildman–Crippen MR) is 90.3 cm³/mol. The van der Waals surface area contributed by atoms with Crippen LogP contribution in [0.3, 0.4) is 0 Å². The first-order valence-electron chi connectivity index (χ1n) is 7.43. The zero-order chi connectivity index (χ0) is 16.2. The highest BCUT2D eigenvalue weighted by atomic mass is 35.5. The van der Waals surface area contributed by atoms with Crippen molar-refractivity contribution in [3.63, 3.8) is 0 Å². The van der Waals surface area contributed by atoms with E-state index in [1.165, 1.54) is 0 Å². The number of unbranched alkanes of at least 4 members (excludes halogenated alkanes) is 1. The van der Waals surface area contributed by atoms with Crippen molar-refractivity contribution in [3.8, 4) is 11.1 Å². The number of halogens is 1. The van der Waals surface area contributed by atoms with E-state index in [1.807, 2.05) is 13.1 Å². The molecule has 3 aromatic rings. The normalized spacial score (nSPS) is 10.9. The molecular formula is C16H16ClN5O. The number of nitrogens with zero attached hydrogens (tertiary/aromatic N) is 3. The molecule has 118 valence electrons. The number of hydrogen-bond donors (Lipinski definition) is 2.